The summed E-state index contributed by atoms with van der Waals surface area (Å²) in [4.78, 5) is 17.9. The number of hydrogen-bond acceptors (Lipinski definition) is 7. The topological polar surface area (TPSA) is 78.7 Å². The van der Waals surface area contributed by atoms with E-state index in [9.17, 15) is 4.79 Å². The molecule has 1 N–H and O–H groups in total. The lowest BCUT2D eigenvalue weighted by molar-refractivity contribution is -0.122. The van der Waals surface area contributed by atoms with Crippen LogP contribution in [0.15, 0.2) is 47.6 Å². The fourth-order valence-electron chi connectivity index (χ4n) is 3.27. The summed E-state index contributed by atoms with van der Waals surface area (Å²) >= 11 is 1.76. The normalized spacial score (nSPS) is 15.0. The summed E-state index contributed by atoms with van der Waals surface area (Å²) in [5.74, 6) is 1.88. The van der Waals surface area contributed by atoms with E-state index in [4.69, 9.17) is 0 Å². The Bertz CT molecular complexity index is 951. The number of aromatic nitrogens is 4. The van der Waals surface area contributed by atoms with E-state index in [1.165, 1.54) is 10.5 Å². The Labute approximate surface area is 174 Å². The molecule has 0 atom stereocenters. The summed E-state index contributed by atoms with van der Waals surface area (Å²) in [6.07, 6.45) is 1.61. The van der Waals surface area contributed by atoms with Gasteiger partial charge in [-0.1, -0.05) is 17.7 Å². The third-order valence-corrected chi connectivity index (χ3v) is 5.94. The van der Waals surface area contributed by atoms with E-state index in [0.29, 0.717) is 13.1 Å². The molecule has 0 bridgehead atoms. The molecule has 1 aliphatic rings. The minimum atomic E-state index is 0.0898. The van der Waals surface area contributed by atoms with Crippen LogP contribution in [0, 0.1) is 6.92 Å². The molecule has 1 aromatic carbocycles. The van der Waals surface area contributed by atoms with E-state index in [2.05, 4.69) is 61.6 Å². The second-order valence-corrected chi connectivity index (χ2v) is 8.27. The molecular formula is C20H25N7OS. The molecule has 0 radical (unpaired) electrons. The van der Waals surface area contributed by atoms with E-state index in [-0.39, 0.29) is 5.91 Å². The van der Waals surface area contributed by atoms with Crippen LogP contribution in [0.1, 0.15) is 5.56 Å². The molecular weight excluding hydrogens is 386 g/mol. The van der Waals surface area contributed by atoms with Crippen molar-refractivity contribution < 1.29 is 4.79 Å². The van der Waals surface area contributed by atoms with Crippen molar-refractivity contribution in [3.05, 3.63) is 48.3 Å². The SMILES string of the molecule is Cc1ccc(SCCNC(=O)CN2CCN(c3ccc4nncn4n3)CC2)cc1. The van der Waals surface area contributed by atoms with Gasteiger partial charge >= 0.3 is 0 Å². The van der Waals surface area contributed by atoms with E-state index in [1.807, 2.05) is 12.1 Å². The number of amides is 1. The van der Waals surface area contributed by atoms with Crippen LogP contribution in [0.4, 0.5) is 5.82 Å². The van der Waals surface area contributed by atoms with Gasteiger partial charge in [0.1, 0.15) is 12.1 Å². The summed E-state index contributed by atoms with van der Waals surface area (Å²) in [7, 11) is 0. The number of piperazine rings is 1. The molecule has 0 saturated carbocycles. The van der Waals surface area contributed by atoms with Gasteiger partial charge in [-0.25, -0.2) is 0 Å². The fraction of sp³-hybridized carbons (Fsp3) is 0.400. The third-order valence-electron chi connectivity index (χ3n) is 4.93. The largest absolute Gasteiger partial charge is 0.354 e. The van der Waals surface area contributed by atoms with Crippen LogP contribution in [0.2, 0.25) is 0 Å². The first-order chi connectivity index (χ1) is 14.2. The maximum Gasteiger partial charge on any atom is 0.234 e. The van der Waals surface area contributed by atoms with Crippen LogP contribution in [-0.2, 0) is 4.79 Å². The van der Waals surface area contributed by atoms with Gasteiger partial charge in [0, 0.05) is 43.4 Å². The number of hydrogen-bond donors (Lipinski definition) is 1. The minimum absolute atomic E-state index is 0.0898. The predicted octanol–water partition coefficient (Wildman–Crippen LogP) is 1.46. The second-order valence-electron chi connectivity index (χ2n) is 7.10. The Morgan fingerprint density at radius 2 is 1.90 bits per heavy atom. The number of carbonyl (C=O) groups excluding carboxylic acids is 1. The average molecular weight is 412 g/mol. The lowest BCUT2D eigenvalue weighted by Crippen LogP contribution is -2.50. The van der Waals surface area contributed by atoms with Gasteiger partial charge in [-0.05, 0) is 31.2 Å². The molecule has 4 rings (SSSR count). The van der Waals surface area contributed by atoms with Gasteiger partial charge in [0.15, 0.2) is 5.65 Å². The van der Waals surface area contributed by atoms with Crippen molar-refractivity contribution >= 4 is 29.1 Å². The van der Waals surface area contributed by atoms with Gasteiger partial charge in [-0.3, -0.25) is 9.69 Å². The summed E-state index contributed by atoms with van der Waals surface area (Å²) < 4.78 is 1.68. The summed E-state index contributed by atoms with van der Waals surface area (Å²) in [6.45, 7) is 6.58. The van der Waals surface area contributed by atoms with Crippen LogP contribution in [0.25, 0.3) is 5.65 Å². The summed E-state index contributed by atoms with van der Waals surface area (Å²) in [5.41, 5.74) is 2.00. The number of fused-ring (bicyclic) bond motifs is 1. The van der Waals surface area contributed by atoms with Crippen molar-refractivity contribution in [3.63, 3.8) is 0 Å². The lowest BCUT2D eigenvalue weighted by atomic mass is 10.2. The molecule has 152 valence electrons. The van der Waals surface area contributed by atoms with Gasteiger partial charge in [0.25, 0.3) is 0 Å². The second kappa shape index (κ2) is 9.23. The highest BCUT2D eigenvalue weighted by Gasteiger charge is 2.20. The zero-order valence-electron chi connectivity index (χ0n) is 16.5. The number of carbonyl (C=O) groups is 1. The summed E-state index contributed by atoms with van der Waals surface area (Å²) in [5, 5.41) is 15.4. The standard InChI is InChI=1S/C20H25N7OS/c1-16-2-4-17(5-3-16)29-13-8-21-20(28)14-25-9-11-26(12-10-25)19-7-6-18-23-22-15-27(18)24-19/h2-7,15H,8-14H2,1H3,(H,21,28). The monoisotopic (exact) mass is 411 g/mol. The molecule has 1 aliphatic heterocycles. The number of rotatable bonds is 7. The van der Waals surface area contributed by atoms with E-state index in [1.54, 1.807) is 22.6 Å². The maximum atomic E-state index is 12.2. The van der Waals surface area contributed by atoms with Crippen molar-refractivity contribution in [3.8, 4) is 0 Å². The Hall–Kier alpha value is -2.65. The number of anilines is 1. The Morgan fingerprint density at radius 3 is 2.69 bits per heavy atom. The molecule has 1 fully saturated rings. The van der Waals surface area contributed by atoms with Crippen LogP contribution < -0.4 is 10.2 Å². The van der Waals surface area contributed by atoms with Crippen molar-refractivity contribution in [1.29, 1.82) is 0 Å². The smallest absolute Gasteiger partial charge is 0.234 e. The molecule has 29 heavy (non-hydrogen) atoms. The molecule has 8 nitrogen and oxygen atoms in total. The van der Waals surface area contributed by atoms with Gasteiger partial charge < -0.3 is 10.2 Å². The molecule has 0 aliphatic carbocycles. The van der Waals surface area contributed by atoms with Gasteiger partial charge in [0.2, 0.25) is 5.91 Å². The quantitative estimate of drug-likeness (QED) is 0.466. The van der Waals surface area contributed by atoms with Crippen molar-refractivity contribution in [2.45, 2.75) is 11.8 Å². The summed E-state index contributed by atoms with van der Waals surface area (Å²) in [6, 6.07) is 12.4. The Morgan fingerprint density at radius 1 is 1.10 bits per heavy atom. The predicted molar refractivity (Wildman–Crippen MR) is 114 cm³/mol. The molecule has 0 unspecified atom stereocenters. The maximum absolute atomic E-state index is 12.2. The van der Waals surface area contributed by atoms with Crippen LogP contribution >= 0.6 is 11.8 Å². The van der Waals surface area contributed by atoms with E-state index < -0.39 is 0 Å². The highest BCUT2D eigenvalue weighted by Crippen LogP contribution is 2.17. The molecule has 9 heteroatoms. The minimum Gasteiger partial charge on any atom is -0.354 e. The number of nitrogens with one attached hydrogen (secondary N) is 1. The average Bonchev–Trinajstić information content (AvgIpc) is 3.21. The van der Waals surface area contributed by atoms with Crippen molar-refractivity contribution in [2.75, 3.05) is 49.9 Å². The third kappa shape index (κ3) is 5.24. The van der Waals surface area contributed by atoms with E-state index >= 15 is 0 Å². The Balaban J connectivity index is 1.16. The zero-order chi connectivity index (χ0) is 20.1. The van der Waals surface area contributed by atoms with Gasteiger partial charge in [-0.2, -0.15) is 4.52 Å². The Kier molecular flexibility index (Phi) is 6.26. The van der Waals surface area contributed by atoms with Gasteiger partial charge in [-0.15, -0.1) is 27.1 Å². The highest BCUT2D eigenvalue weighted by molar-refractivity contribution is 7.99. The molecule has 1 saturated heterocycles. The van der Waals surface area contributed by atoms with Crippen LogP contribution in [0.3, 0.4) is 0 Å². The molecule has 3 aromatic rings. The van der Waals surface area contributed by atoms with Crippen molar-refractivity contribution in [1.82, 2.24) is 30.0 Å². The number of thioether (sulfide) groups is 1. The van der Waals surface area contributed by atoms with Crippen molar-refractivity contribution in [2.24, 2.45) is 0 Å². The fourth-order valence-corrected chi connectivity index (χ4v) is 4.04. The lowest BCUT2D eigenvalue weighted by Gasteiger charge is -2.34. The number of nitrogens with zero attached hydrogens (tertiary/aromatic N) is 6. The molecule has 2 aromatic heterocycles. The molecule has 1 amide bonds. The number of benzene rings is 1. The molecule has 0 spiro atoms. The highest BCUT2D eigenvalue weighted by atomic mass is 32.2. The van der Waals surface area contributed by atoms with E-state index in [0.717, 1.165) is 43.4 Å². The van der Waals surface area contributed by atoms with Crippen LogP contribution in [0.5, 0.6) is 0 Å². The molecule has 3 heterocycles. The number of aryl methyl sites for hydroxylation is 1. The first-order valence-electron chi connectivity index (χ1n) is 9.78. The first-order valence-corrected chi connectivity index (χ1v) is 10.8. The first kappa shape index (κ1) is 19.7. The van der Waals surface area contributed by atoms with Gasteiger partial charge in [0.05, 0.1) is 6.54 Å². The zero-order valence-corrected chi connectivity index (χ0v) is 17.3. The van der Waals surface area contributed by atoms with Crippen LogP contribution in [-0.4, -0.2) is 75.6 Å².